The Balaban J connectivity index is 1.55. The standard InChI is InChI=1S/C38H44FN7O5/c1-6-26-18-32(36-29-11-8-9-12-33(29)46(45-36)22-30-23(3)17-28(49-7-2)21-31(30)39)44-37(43-27-13-14-41-35(20-27)42-25(5)47)34(19-26)50-15-10-16-51-38(48)24(4)40/h8-9,11-14,17,19-21,24H,6-7,10,15-16,18,22,40H2,1-5H3,(H2,41,42,43,47)/t24-/m0/s1. The van der Waals surface area contributed by atoms with Crippen LogP contribution in [0.3, 0.4) is 0 Å². The van der Waals surface area contributed by atoms with Gasteiger partial charge in [0.05, 0.1) is 37.6 Å². The van der Waals surface area contributed by atoms with Gasteiger partial charge < -0.3 is 30.6 Å². The summed E-state index contributed by atoms with van der Waals surface area (Å²) in [6, 6.07) is 13.8. The van der Waals surface area contributed by atoms with Gasteiger partial charge in [-0.1, -0.05) is 30.7 Å². The number of amides is 1. The number of hydrogen-bond donors (Lipinski definition) is 3. The van der Waals surface area contributed by atoms with Crippen molar-refractivity contribution in [3.8, 4) is 5.75 Å². The lowest BCUT2D eigenvalue weighted by Crippen LogP contribution is -2.29. The van der Waals surface area contributed by atoms with E-state index in [4.69, 9.17) is 30.0 Å². The Morgan fingerprint density at radius 2 is 1.90 bits per heavy atom. The number of nitrogens with two attached hydrogens (primary N) is 1. The number of carbonyl (C=O) groups excluding carboxylic acids is 2. The first-order valence-corrected chi connectivity index (χ1v) is 17.0. The van der Waals surface area contributed by atoms with Crippen molar-refractivity contribution < 1.29 is 28.2 Å². The van der Waals surface area contributed by atoms with E-state index in [0.717, 1.165) is 22.0 Å². The fraction of sp³-hybridized carbons (Fsp3) is 0.342. The van der Waals surface area contributed by atoms with Crippen LogP contribution in [0.1, 0.15) is 63.8 Å². The van der Waals surface area contributed by atoms with Crippen LogP contribution >= 0.6 is 0 Å². The van der Waals surface area contributed by atoms with Gasteiger partial charge in [-0.05, 0) is 57.0 Å². The lowest BCUT2D eigenvalue weighted by atomic mass is 10.0. The summed E-state index contributed by atoms with van der Waals surface area (Å²) in [6.45, 7) is 9.82. The molecular formula is C38H44FN7O5. The zero-order valence-corrected chi connectivity index (χ0v) is 29.6. The van der Waals surface area contributed by atoms with E-state index in [-0.39, 0.29) is 31.5 Å². The van der Waals surface area contributed by atoms with Gasteiger partial charge in [0, 0.05) is 54.7 Å². The van der Waals surface area contributed by atoms with Crippen molar-refractivity contribution in [2.45, 2.75) is 66.5 Å². The van der Waals surface area contributed by atoms with Crippen molar-refractivity contribution in [1.82, 2.24) is 14.8 Å². The highest BCUT2D eigenvalue weighted by molar-refractivity contribution is 6.10. The largest absolute Gasteiger partial charge is 0.494 e. The summed E-state index contributed by atoms with van der Waals surface area (Å²) >= 11 is 0. The summed E-state index contributed by atoms with van der Waals surface area (Å²) in [4.78, 5) is 32.9. The first-order valence-electron chi connectivity index (χ1n) is 17.0. The maximum atomic E-state index is 15.4. The summed E-state index contributed by atoms with van der Waals surface area (Å²) < 4.78 is 34.3. The number of benzene rings is 2. The molecular weight excluding hydrogens is 653 g/mol. The van der Waals surface area contributed by atoms with E-state index in [0.29, 0.717) is 71.7 Å². The van der Waals surface area contributed by atoms with Crippen molar-refractivity contribution in [3.63, 3.8) is 0 Å². The van der Waals surface area contributed by atoms with Crippen LogP contribution in [0.2, 0.25) is 0 Å². The molecule has 0 unspecified atom stereocenters. The molecule has 51 heavy (non-hydrogen) atoms. The predicted molar refractivity (Wildman–Crippen MR) is 195 cm³/mol. The minimum Gasteiger partial charge on any atom is -0.494 e. The van der Waals surface area contributed by atoms with Gasteiger partial charge in [0.2, 0.25) is 5.91 Å². The van der Waals surface area contributed by atoms with E-state index < -0.39 is 12.0 Å². The molecule has 268 valence electrons. The molecule has 4 N–H and O–H groups in total. The number of halogens is 1. The van der Waals surface area contributed by atoms with Crippen LogP contribution < -0.4 is 21.1 Å². The topological polar surface area (TPSA) is 155 Å². The lowest BCUT2D eigenvalue weighted by Gasteiger charge is -2.14. The summed E-state index contributed by atoms with van der Waals surface area (Å²) in [7, 11) is 0. The number of aliphatic imine (C=N–C) groups is 1. The van der Waals surface area contributed by atoms with Crippen LogP contribution in [-0.2, 0) is 25.6 Å². The van der Waals surface area contributed by atoms with Gasteiger partial charge in [0.25, 0.3) is 0 Å². The Bertz CT molecular complexity index is 1980. The lowest BCUT2D eigenvalue weighted by molar-refractivity contribution is -0.145. The number of aromatic nitrogens is 3. The number of allylic oxidation sites excluding steroid dienone is 2. The highest BCUT2D eigenvalue weighted by Gasteiger charge is 2.23. The molecule has 0 radical (unpaired) electrons. The first-order chi connectivity index (χ1) is 24.6. The average molecular weight is 698 g/mol. The minimum atomic E-state index is -0.708. The third-order valence-electron chi connectivity index (χ3n) is 8.10. The predicted octanol–water partition coefficient (Wildman–Crippen LogP) is 6.39. The van der Waals surface area contributed by atoms with Gasteiger partial charge in [-0.2, -0.15) is 5.10 Å². The minimum absolute atomic E-state index is 0.150. The van der Waals surface area contributed by atoms with E-state index >= 15 is 4.39 Å². The number of aryl methyl sites for hydroxylation is 1. The van der Waals surface area contributed by atoms with E-state index in [1.54, 1.807) is 29.9 Å². The molecule has 5 rings (SSSR count). The molecule has 0 saturated heterocycles. The summed E-state index contributed by atoms with van der Waals surface area (Å²) in [6.07, 6.45) is 5.15. The molecule has 4 aromatic rings. The molecule has 0 fully saturated rings. The molecule has 0 bridgehead atoms. The third-order valence-corrected chi connectivity index (χ3v) is 8.10. The van der Waals surface area contributed by atoms with Crippen LogP contribution in [0.4, 0.5) is 15.9 Å². The normalized spacial score (nSPS) is 13.6. The number of anilines is 2. The SMILES string of the molecule is CCOc1cc(C)c(Cn2nc(C3=NC(Nc4ccnc(NC(C)=O)c4)=C(OCCCOC(=O)[C@H](C)N)C=C(CC)C3)c3ccccc32)c(F)c1. The number of fused-ring (bicyclic) bond motifs is 1. The molecule has 2 aromatic heterocycles. The van der Waals surface area contributed by atoms with Crippen LogP contribution in [0.5, 0.6) is 5.75 Å². The zero-order chi connectivity index (χ0) is 36.5. The fourth-order valence-electron chi connectivity index (χ4n) is 5.56. The van der Waals surface area contributed by atoms with Gasteiger partial charge in [0.1, 0.15) is 29.1 Å². The molecule has 1 aliphatic rings. The van der Waals surface area contributed by atoms with Crippen molar-refractivity contribution in [3.05, 3.63) is 101 Å². The number of hydrogen-bond acceptors (Lipinski definition) is 10. The van der Waals surface area contributed by atoms with Crippen LogP contribution in [0.15, 0.2) is 82.9 Å². The molecule has 12 nitrogen and oxygen atoms in total. The number of nitrogens with zero attached hydrogens (tertiary/aromatic N) is 4. The fourth-order valence-corrected chi connectivity index (χ4v) is 5.56. The molecule has 1 atom stereocenters. The Hall–Kier alpha value is -5.56. The molecule has 0 saturated carbocycles. The second kappa shape index (κ2) is 16.9. The zero-order valence-electron chi connectivity index (χ0n) is 29.6. The summed E-state index contributed by atoms with van der Waals surface area (Å²) in [5.74, 6) is 0.664. The van der Waals surface area contributed by atoms with E-state index in [2.05, 4.69) is 22.5 Å². The second-order valence-corrected chi connectivity index (χ2v) is 12.2. The number of rotatable bonds is 15. The molecule has 3 heterocycles. The van der Waals surface area contributed by atoms with Gasteiger partial charge in [0.15, 0.2) is 11.6 Å². The molecule has 13 heteroatoms. The maximum Gasteiger partial charge on any atom is 0.322 e. The van der Waals surface area contributed by atoms with E-state index in [1.165, 1.54) is 13.0 Å². The third kappa shape index (κ3) is 9.37. The summed E-state index contributed by atoms with van der Waals surface area (Å²) in [5.41, 5.74) is 10.7. The van der Waals surface area contributed by atoms with E-state index in [9.17, 15) is 9.59 Å². The van der Waals surface area contributed by atoms with Crippen LogP contribution in [-0.4, -0.2) is 58.2 Å². The first kappa shape index (κ1) is 36.7. The number of esters is 1. The Labute approximate surface area is 296 Å². The van der Waals surface area contributed by atoms with Crippen LogP contribution in [0, 0.1) is 12.7 Å². The highest BCUT2D eigenvalue weighted by atomic mass is 19.1. The number of carbonyl (C=O) groups is 2. The number of nitrogens with one attached hydrogen (secondary N) is 2. The van der Waals surface area contributed by atoms with Crippen molar-refractivity contribution in [2.75, 3.05) is 30.5 Å². The Morgan fingerprint density at radius 3 is 2.63 bits per heavy atom. The number of ether oxygens (including phenoxy) is 3. The highest BCUT2D eigenvalue weighted by Crippen LogP contribution is 2.30. The number of pyridine rings is 1. The van der Waals surface area contributed by atoms with Gasteiger partial charge >= 0.3 is 5.97 Å². The van der Waals surface area contributed by atoms with Gasteiger partial charge in [-0.25, -0.2) is 14.4 Å². The summed E-state index contributed by atoms with van der Waals surface area (Å²) in [5, 5.41) is 12.0. The Kier molecular flexibility index (Phi) is 12.2. The van der Waals surface area contributed by atoms with Crippen LogP contribution in [0.25, 0.3) is 10.9 Å². The van der Waals surface area contributed by atoms with Crippen molar-refractivity contribution in [1.29, 1.82) is 0 Å². The Morgan fingerprint density at radius 1 is 1.10 bits per heavy atom. The maximum absolute atomic E-state index is 15.4. The number of para-hydroxylation sites is 1. The van der Waals surface area contributed by atoms with E-state index in [1.807, 2.05) is 50.3 Å². The molecule has 1 amide bonds. The quantitative estimate of drug-likeness (QED) is 0.0947. The molecule has 0 spiro atoms. The van der Waals surface area contributed by atoms with Crippen molar-refractivity contribution in [2.24, 2.45) is 10.7 Å². The van der Waals surface area contributed by atoms with Gasteiger partial charge in [-0.15, -0.1) is 0 Å². The smallest absolute Gasteiger partial charge is 0.322 e. The molecule has 1 aliphatic heterocycles. The molecule has 2 aromatic carbocycles. The second-order valence-electron chi connectivity index (χ2n) is 12.2. The average Bonchev–Trinajstić information content (AvgIpc) is 3.36. The molecule has 0 aliphatic carbocycles. The van der Waals surface area contributed by atoms with Gasteiger partial charge in [-0.3, -0.25) is 14.3 Å². The van der Waals surface area contributed by atoms with Crippen molar-refractivity contribution >= 4 is 40.0 Å². The monoisotopic (exact) mass is 697 g/mol.